The van der Waals surface area contributed by atoms with Crippen molar-refractivity contribution >= 4 is 35.3 Å². The Morgan fingerprint density at radius 3 is 2.17 bits per heavy atom. The van der Waals surface area contributed by atoms with E-state index in [1.54, 1.807) is 17.0 Å². The van der Waals surface area contributed by atoms with Crippen molar-refractivity contribution in [1.82, 2.24) is 20.9 Å². The predicted octanol–water partition coefficient (Wildman–Crippen LogP) is 3.50. The zero-order valence-corrected chi connectivity index (χ0v) is 27.2. The lowest BCUT2D eigenvalue weighted by molar-refractivity contribution is -0.140. The number of anilines is 1. The van der Waals surface area contributed by atoms with E-state index in [0.717, 1.165) is 12.0 Å². The molecule has 1 aliphatic heterocycles. The standard InChI is InChI=1S/C35H49N5O6/c1-24(2)23-30(33(43)37-27-15-8-5-9-16-27)39-32(42)28(20-19-26-13-6-4-7-14-26)38-29(35(45)46)17-10-11-21-36-34(44)31-18-12-22-40(31)25(3)41/h4-9,13-16,24,28-31,38H,10-12,17-23H2,1-3H3,(H,36,44)(H,37,43)(H,39,42)(H,45,46)/t28-,29+,30-,31?/m0/s1. The second-order valence-corrected chi connectivity index (χ2v) is 12.3. The molecule has 11 nitrogen and oxygen atoms in total. The number of para-hydroxylation sites is 1. The van der Waals surface area contributed by atoms with Crippen molar-refractivity contribution in [2.24, 2.45) is 5.92 Å². The first kappa shape index (κ1) is 36.2. The number of nitrogens with zero attached hydrogens (tertiary/aromatic N) is 1. The second kappa shape index (κ2) is 18.7. The number of unbranched alkanes of at least 4 members (excludes halogenated alkanes) is 1. The third-order valence-corrected chi connectivity index (χ3v) is 8.14. The number of amides is 4. The van der Waals surface area contributed by atoms with Crippen molar-refractivity contribution < 1.29 is 29.1 Å². The molecule has 5 N–H and O–H groups in total. The zero-order chi connectivity index (χ0) is 33.5. The molecule has 250 valence electrons. The molecular formula is C35H49N5O6. The van der Waals surface area contributed by atoms with Crippen LogP contribution in [0.25, 0.3) is 0 Å². The van der Waals surface area contributed by atoms with Gasteiger partial charge in [-0.25, -0.2) is 0 Å². The molecule has 0 aromatic heterocycles. The lowest BCUT2D eigenvalue weighted by atomic mass is 10.00. The number of carbonyl (C=O) groups is 5. The van der Waals surface area contributed by atoms with Gasteiger partial charge >= 0.3 is 5.97 Å². The smallest absolute Gasteiger partial charge is 0.320 e. The molecule has 0 bridgehead atoms. The molecule has 0 spiro atoms. The molecule has 1 saturated heterocycles. The van der Waals surface area contributed by atoms with E-state index in [2.05, 4.69) is 21.3 Å². The number of aryl methyl sites for hydroxylation is 1. The third-order valence-electron chi connectivity index (χ3n) is 8.14. The van der Waals surface area contributed by atoms with Gasteiger partial charge in [0.25, 0.3) is 0 Å². The first-order valence-corrected chi connectivity index (χ1v) is 16.3. The Kier molecular flexibility index (Phi) is 14.7. The molecule has 4 amide bonds. The SMILES string of the molecule is CC(=O)N1CCCC1C(=O)NCCCC[C@@H](N[C@@H](CCc1ccccc1)C(=O)N[C@@H](CC(C)C)C(=O)Nc1ccccc1)C(=O)O. The summed E-state index contributed by atoms with van der Waals surface area (Å²) < 4.78 is 0. The Morgan fingerprint density at radius 2 is 1.54 bits per heavy atom. The molecule has 1 heterocycles. The Balaban J connectivity index is 1.62. The van der Waals surface area contributed by atoms with Crippen LogP contribution in [0.2, 0.25) is 0 Å². The van der Waals surface area contributed by atoms with E-state index in [4.69, 9.17) is 0 Å². The van der Waals surface area contributed by atoms with Gasteiger partial charge in [-0.05, 0) is 75.0 Å². The number of hydrogen-bond acceptors (Lipinski definition) is 6. The molecule has 3 rings (SSSR count). The van der Waals surface area contributed by atoms with Gasteiger partial charge in [0.1, 0.15) is 18.1 Å². The summed E-state index contributed by atoms with van der Waals surface area (Å²) in [5, 5.41) is 21.7. The van der Waals surface area contributed by atoms with E-state index in [1.165, 1.54) is 6.92 Å². The normalized spacial score (nSPS) is 16.3. The maximum atomic E-state index is 13.7. The third kappa shape index (κ3) is 11.9. The van der Waals surface area contributed by atoms with E-state index >= 15 is 0 Å². The van der Waals surface area contributed by atoms with Crippen molar-refractivity contribution in [1.29, 1.82) is 0 Å². The Hall–Kier alpha value is -4.25. The van der Waals surface area contributed by atoms with Gasteiger partial charge in [-0.15, -0.1) is 0 Å². The lowest BCUT2D eigenvalue weighted by Gasteiger charge is -2.26. The van der Waals surface area contributed by atoms with Gasteiger partial charge in [-0.1, -0.05) is 62.4 Å². The summed E-state index contributed by atoms with van der Waals surface area (Å²) in [4.78, 5) is 65.2. The van der Waals surface area contributed by atoms with E-state index in [1.807, 2.05) is 62.4 Å². The lowest BCUT2D eigenvalue weighted by Crippen LogP contribution is -2.55. The molecule has 1 aliphatic rings. The summed E-state index contributed by atoms with van der Waals surface area (Å²) in [6, 6.07) is 15.5. The van der Waals surface area contributed by atoms with Gasteiger partial charge in [0.05, 0.1) is 6.04 Å². The Morgan fingerprint density at radius 1 is 0.870 bits per heavy atom. The number of carbonyl (C=O) groups excluding carboxylic acids is 4. The summed E-state index contributed by atoms with van der Waals surface area (Å²) in [7, 11) is 0. The molecule has 1 fully saturated rings. The predicted molar refractivity (Wildman–Crippen MR) is 177 cm³/mol. The fraction of sp³-hybridized carbons (Fsp3) is 0.514. The Labute approximate surface area is 271 Å². The summed E-state index contributed by atoms with van der Waals surface area (Å²) in [5.74, 6) is -2.04. The number of rotatable bonds is 18. The molecule has 2 aromatic carbocycles. The van der Waals surface area contributed by atoms with Gasteiger partial charge < -0.3 is 26.0 Å². The van der Waals surface area contributed by atoms with Crippen LogP contribution in [-0.2, 0) is 30.4 Å². The van der Waals surface area contributed by atoms with Crippen molar-refractivity contribution in [3.63, 3.8) is 0 Å². The first-order valence-electron chi connectivity index (χ1n) is 16.3. The zero-order valence-electron chi connectivity index (χ0n) is 27.2. The molecule has 0 aliphatic carbocycles. The maximum absolute atomic E-state index is 13.7. The number of hydrogen-bond donors (Lipinski definition) is 5. The van der Waals surface area contributed by atoms with Crippen molar-refractivity contribution in [3.05, 3.63) is 66.2 Å². The van der Waals surface area contributed by atoms with E-state index in [9.17, 15) is 29.1 Å². The molecule has 0 saturated carbocycles. The summed E-state index contributed by atoms with van der Waals surface area (Å²) in [6.07, 6.45) is 3.98. The molecule has 0 radical (unpaired) electrons. The fourth-order valence-electron chi connectivity index (χ4n) is 5.71. The van der Waals surface area contributed by atoms with Gasteiger partial charge in [0.15, 0.2) is 0 Å². The minimum atomic E-state index is -1.08. The number of aliphatic carboxylic acids is 1. The Bertz CT molecular complexity index is 1290. The van der Waals surface area contributed by atoms with Crippen molar-refractivity contribution in [3.8, 4) is 0 Å². The van der Waals surface area contributed by atoms with Crippen LogP contribution >= 0.6 is 0 Å². The van der Waals surface area contributed by atoms with E-state index in [0.29, 0.717) is 57.3 Å². The van der Waals surface area contributed by atoms with Crippen LogP contribution < -0.4 is 21.3 Å². The largest absolute Gasteiger partial charge is 0.480 e. The van der Waals surface area contributed by atoms with Crippen LogP contribution in [0.15, 0.2) is 60.7 Å². The fourth-order valence-corrected chi connectivity index (χ4v) is 5.71. The summed E-state index contributed by atoms with van der Waals surface area (Å²) in [6.45, 7) is 6.33. The van der Waals surface area contributed by atoms with Gasteiger partial charge in [-0.3, -0.25) is 29.3 Å². The summed E-state index contributed by atoms with van der Waals surface area (Å²) in [5.41, 5.74) is 1.63. The van der Waals surface area contributed by atoms with Crippen LogP contribution in [-0.4, -0.2) is 76.9 Å². The van der Waals surface area contributed by atoms with Crippen LogP contribution in [0.4, 0.5) is 5.69 Å². The highest BCUT2D eigenvalue weighted by atomic mass is 16.4. The molecule has 2 aromatic rings. The number of benzene rings is 2. The first-order chi connectivity index (χ1) is 22.0. The monoisotopic (exact) mass is 635 g/mol. The average molecular weight is 636 g/mol. The molecule has 11 heteroatoms. The van der Waals surface area contributed by atoms with E-state index < -0.39 is 36.0 Å². The van der Waals surface area contributed by atoms with Crippen molar-refractivity contribution in [2.45, 2.75) is 96.3 Å². The van der Waals surface area contributed by atoms with Gasteiger partial charge in [-0.2, -0.15) is 0 Å². The van der Waals surface area contributed by atoms with Gasteiger partial charge in [0, 0.05) is 25.7 Å². The van der Waals surface area contributed by atoms with Crippen LogP contribution in [0.5, 0.6) is 0 Å². The minimum Gasteiger partial charge on any atom is -0.480 e. The van der Waals surface area contributed by atoms with Crippen LogP contribution in [0.3, 0.4) is 0 Å². The molecule has 1 unspecified atom stereocenters. The topological polar surface area (TPSA) is 157 Å². The second-order valence-electron chi connectivity index (χ2n) is 12.3. The minimum absolute atomic E-state index is 0.119. The highest BCUT2D eigenvalue weighted by Crippen LogP contribution is 2.17. The average Bonchev–Trinajstić information content (AvgIpc) is 3.53. The number of nitrogens with one attached hydrogen (secondary N) is 4. The van der Waals surface area contributed by atoms with Crippen LogP contribution in [0.1, 0.15) is 71.3 Å². The highest BCUT2D eigenvalue weighted by molar-refractivity contribution is 5.98. The molecule has 4 atom stereocenters. The van der Waals surface area contributed by atoms with Crippen molar-refractivity contribution in [2.75, 3.05) is 18.4 Å². The number of likely N-dealkylation sites (tertiary alicyclic amines) is 1. The molecule has 46 heavy (non-hydrogen) atoms. The molecular weight excluding hydrogens is 586 g/mol. The van der Waals surface area contributed by atoms with E-state index in [-0.39, 0.29) is 30.1 Å². The van der Waals surface area contributed by atoms with Crippen LogP contribution in [0, 0.1) is 5.92 Å². The highest BCUT2D eigenvalue weighted by Gasteiger charge is 2.32. The number of carboxylic acids is 1. The summed E-state index contributed by atoms with van der Waals surface area (Å²) >= 11 is 0. The number of carboxylic acid groups (broad SMARTS) is 1. The van der Waals surface area contributed by atoms with Gasteiger partial charge in [0.2, 0.25) is 23.6 Å². The maximum Gasteiger partial charge on any atom is 0.320 e. The quantitative estimate of drug-likeness (QED) is 0.157.